The summed E-state index contributed by atoms with van der Waals surface area (Å²) in [4.78, 5) is 0. The van der Waals surface area contributed by atoms with E-state index >= 15 is 0 Å². The summed E-state index contributed by atoms with van der Waals surface area (Å²) in [6.45, 7) is 5.77. The summed E-state index contributed by atoms with van der Waals surface area (Å²) in [7, 11) is 0. The lowest BCUT2D eigenvalue weighted by Gasteiger charge is -2.30. The van der Waals surface area contributed by atoms with Crippen molar-refractivity contribution in [3.05, 3.63) is 34.6 Å². The second-order valence-corrected chi connectivity index (χ2v) is 4.93. The third-order valence-corrected chi connectivity index (χ3v) is 3.68. The highest BCUT2D eigenvalue weighted by molar-refractivity contribution is 6.31. The van der Waals surface area contributed by atoms with Gasteiger partial charge in [0.25, 0.3) is 0 Å². The lowest BCUT2D eigenvalue weighted by Crippen LogP contribution is -2.35. The monoisotopic (exact) mass is 244 g/mol. The van der Waals surface area contributed by atoms with Crippen molar-refractivity contribution >= 4 is 11.6 Å². The van der Waals surface area contributed by atoms with Crippen LogP contribution in [0.3, 0.4) is 0 Å². The molecule has 1 aromatic rings. The Balaban J connectivity index is 2.92. The zero-order chi connectivity index (χ0) is 12.3. The highest BCUT2D eigenvalue weighted by Crippen LogP contribution is 2.28. The molecule has 0 heterocycles. The quantitative estimate of drug-likeness (QED) is 0.854. The van der Waals surface area contributed by atoms with Crippen LogP contribution in [0, 0.1) is 11.7 Å². The molecule has 0 aliphatic heterocycles. The summed E-state index contributed by atoms with van der Waals surface area (Å²) in [6.07, 6.45) is 1.25. The first-order valence-corrected chi connectivity index (χ1v) is 5.91. The fourth-order valence-corrected chi connectivity index (χ4v) is 1.88. The Kier molecular flexibility index (Phi) is 4.34. The number of hydrogen-bond acceptors (Lipinski definition) is 1. The van der Waals surface area contributed by atoms with Crippen molar-refractivity contribution in [1.82, 2.24) is 0 Å². The Morgan fingerprint density at radius 2 is 2.12 bits per heavy atom. The van der Waals surface area contributed by atoms with Crippen LogP contribution in [0.5, 0.6) is 0 Å². The largest absolute Gasteiger partial charge is 0.390 e. The van der Waals surface area contributed by atoms with Gasteiger partial charge in [-0.25, -0.2) is 4.39 Å². The van der Waals surface area contributed by atoms with Gasteiger partial charge in [0.1, 0.15) is 5.82 Å². The molecule has 0 bridgehead atoms. The van der Waals surface area contributed by atoms with E-state index in [9.17, 15) is 9.50 Å². The van der Waals surface area contributed by atoms with Crippen LogP contribution < -0.4 is 0 Å². The third-order valence-electron chi connectivity index (χ3n) is 3.25. The first-order chi connectivity index (χ1) is 7.38. The first-order valence-electron chi connectivity index (χ1n) is 5.53. The van der Waals surface area contributed by atoms with Crippen LogP contribution in [-0.2, 0) is 6.42 Å². The SMILES string of the molecule is CCC(C)C(C)(O)Cc1cccc(F)c1Cl. The maximum Gasteiger partial charge on any atom is 0.142 e. The van der Waals surface area contributed by atoms with Crippen molar-refractivity contribution in [1.29, 1.82) is 0 Å². The van der Waals surface area contributed by atoms with Gasteiger partial charge in [0, 0.05) is 6.42 Å². The Morgan fingerprint density at radius 3 is 2.69 bits per heavy atom. The summed E-state index contributed by atoms with van der Waals surface area (Å²) < 4.78 is 13.2. The van der Waals surface area contributed by atoms with Crippen LogP contribution in [-0.4, -0.2) is 10.7 Å². The van der Waals surface area contributed by atoms with E-state index in [2.05, 4.69) is 0 Å². The van der Waals surface area contributed by atoms with Gasteiger partial charge in [0.2, 0.25) is 0 Å². The molecule has 3 heteroatoms. The zero-order valence-corrected chi connectivity index (χ0v) is 10.7. The van der Waals surface area contributed by atoms with E-state index in [-0.39, 0.29) is 10.9 Å². The van der Waals surface area contributed by atoms with Crippen molar-refractivity contribution < 1.29 is 9.50 Å². The molecule has 1 aromatic carbocycles. The molecule has 2 unspecified atom stereocenters. The molecule has 0 spiro atoms. The van der Waals surface area contributed by atoms with Crippen molar-refractivity contribution in [2.45, 2.75) is 39.2 Å². The normalized spacial score (nSPS) is 16.9. The first kappa shape index (κ1) is 13.5. The number of benzene rings is 1. The molecule has 90 valence electrons. The van der Waals surface area contributed by atoms with Gasteiger partial charge in [-0.15, -0.1) is 0 Å². The Bertz CT molecular complexity index is 363. The molecular formula is C13H18ClFO. The Hall–Kier alpha value is -0.600. The summed E-state index contributed by atoms with van der Waals surface area (Å²) in [5, 5.41) is 10.4. The van der Waals surface area contributed by atoms with Gasteiger partial charge in [-0.3, -0.25) is 0 Å². The van der Waals surface area contributed by atoms with E-state index in [1.54, 1.807) is 19.1 Å². The Labute approximate surface area is 101 Å². The number of rotatable bonds is 4. The predicted octanol–water partition coefficient (Wildman–Crippen LogP) is 3.82. The molecule has 1 nitrogen and oxygen atoms in total. The average Bonchev–Trinajstić information content (AvgIpc) is 2.23. The summed E-state index contributed by atoms with van der Waals surface area (Å²) in [5.41, 5.74) is -0.196. The van der Waals surface area contributed by atoms with Crippen LogP contribution in [0.4, 0.5) is 4.39 Å². The molecule has 0 fully saturated rings. The van der Waals surface area contributed by atoms with Gasteiger partial charge < -0.3 is 5.11 Å². The topological polar surface area (TPSA) is 20.2 Å². The molecule has 16 heavy (non-hydrogen) atoms. The van der Waals surface area contributed by atoms with Crippen LogP contribution in [0.2, 0.25) is 5.02 Å². The van der Waals surface area contributed by atoms with Crippen LogP contribution in [0.25, 0.3) is 0 Å². The number of hydrogen-bond donors (Lipinski definition) is 1. The molecule has 0 saturated carbocycles. The smallest absolute Gasteiger partial charge is 0.142 e. The van der Waals surface area contributed by atoms with E-state index in [0.717, 1.165) is 6.42 Å². The lowest BCUT2D eigenvalue weighted by atomic mass is 9.83. The average molecular weight is 245 g/mol. The van der Waals surface area contributed by atoms with Crippen molar-refractivity contribution in [3.63, 3.8) is 0 Å². The molecule has 0 aliphatic carbocycles. The van der Waals surface area contributed by atoms with Crippen molar-refractivity contribution in [3.8, 4) is 0 Å². The fourth-order valence-electron chi connectivity index (χ4n) is 1.68. The molecule has 0 amide bonds. The molecular weight excluding hydrogens is 227 g/mol. The Morgan fingerprint density at radius 1 is 1.50 bits per heavy atom. The molecule has 2 atom stereocenters. The highest BCUT2D eigenvalue weighted by Gasteiger charge is 2.28. The number of halogens is 2. The van der Waals surface area contributed by atoms with Crippen molar-refractivity contribution in [2.24, 2.45) is 5.92 Å². The van der Waals surface area contributed by atoms with Gasteiger partial charge in [-0.2, -0.15) is 0 Å². The molecule has 0 aliphatic rings. The number of aliphatic hydroxyl groups is 1. The molecule has 0 radical (unpaired) electrons. The summed E-state index contributed by atoms with van der Waals surface area (Å²) in [5.74, 6) is -0.286. The van der Waals surface area contributed by atoms with Gasteiger partial charge in [-0.05, 0) is 24.5 Å². The second-order valence-electron chi connectivity index (χ2n) is 4.56. The highest BCUT2D eigenvalue weighted by atomic mass is 35.5. The lowest BCUT2D eigenvalue weighted by molar-refractivity contribution is 0.00514. The maximum atomic E-state index is 13.2. The fraction of sp³-hybridized carbons (Fsp3) is 0.538. The minimum absolute atomic E-state index is 0.117. The van der Waals surface area contributed by atoms with Crippen LogP contribution in [0.1, 0.15) is 32.8 Å². The maximum absolute atomic E-state index is 13.2. The third kappa shape index (κ3) is 2.96. The van der Waals surface area contributed by atoms with Gasteiger partial charge in [-0.1, -0.05) is 44.0 Å². The standard InChI is InChI=1S/C13H18ClFO/c1-4-9(2)13(3,16)8-10-6-5-7-11(15)12(10)14/h5-7,9,16H,4,8H2,1-3H3. The van der Waals surface area contributed by atoms with Crippen molar-refractivity contribution in [2.75, 3.05) is 0 Å². The molecule has 1 rings (SSSR count). The molecule has 0 saturated heterocycles. The second kappa shape index (κ2) is 5.15. The summed E-state index contributed by atoms with van der Waals surface area (Å²) >= 11 is 5.86. The van der Waals surface area contributed by atoms with E-state index < -0.39 is 11.4 Å². The van der Waals surface area contributed by atoms with Crippen LogP contribution in [0.15, 0.2) is 18.2 Å². The minimum Gasteiger partial charge on any atom is -0.390 e. The van der Waals surface area contributed by atoms with E-state index in [1.807, 2.05) is 13.8 Å². The zero-order valence-electron chi connectivity index (χ0n) is 9.93. The van der Waals surface area contributed by atoms with Crippen LogP contribution >= 0.6 is 11.6 Å². The molecule has 1 N–H and O–H groups in total. The molecule has 0 aromatic heterocycles. The van der Waals surface area contributed by atoms with E-state index in [1.165, 1.54) is 6.07 Å². The van der Waals surface area contributed by atoms with Gasteiger partial charge >= 0.3 is 0 Å². The van der Waals surface area contributed by atoms with E-state index in [4.69, 9.17) is 11.6 Å². The van der Waals surface area contributed by atoms with Gasteiger partial charge in [0.15, 0.2) is 0 Å². The van der Waals surface area contributed by atoms with Gasteiger partial charge in [0.05, 0.1) is 10.6 Å². The van der Waals surface area contributed by atoms with E-state index in [0.29, 0.717) is 12.0 Å². The predicted molar refractivity (Wildman–Crippen MR) is 65.2 cm³/mol. The summed E-state index contributed by atoms with van der Waals surface area (Å²) in [6, 6.07) is 4.69. The minimum atomic E-state index is -0.855.